The third-order valence-corrected chi connectivity index (χ3v) is 3.94. The van der Waals surface area contributed by atoms with E-state index in [0.717, 1.165) is 5.82 Å². The van der Waals surface area contributed by atoms with E-state index in [1.54, 1.807) is 0 Å². The molecule has 0 aromatic carbocycles. The SMILES string of the molecule is CC(C)CC1(c2nnc(CO)n2C)CCCC1. The number of nitrogens with zero attached hydrogens (tertiary/aromatic N) is 3. The minimum Gasteiger partial charge on any atom is -0.388 e. The Balaban J connectivity index is 2.35. The molecule has 0 amide bonds. The molecule has 1 N–H and O–H groups in total. The highest BCUT2D eigenvalue weighted by molar-refractivity contribution is 5.13. The van der Waals surface area contributed by atoms with E-state index < -0.39 is 0 Å². The smallest absolute Gasteiger partial charge is 0.158 e. The lowest BCUT2D eigenvalue weighted by molar-refractivity contribution is 0.263. The van der Waals surface area contributed by atoms with Crippen LogP contribution in [0, 0.1) is 5.92 Å². The first kappa shape index (κ1) is 12.6. The van der Waals surface area contributed by atoms with Crippen molar-refractivity contribution in [3.63, 3.8) is 0 Å². The van der Waals surface area contributed by atoms with Crippen LogP contribution in [0.5, 0.6) is 0 Å². The zero-order valence-corrected chi connectivity index (χ0v) is 11.1. The summed E-state index contributed by atoms with van der Waals surface area (Å²) in [7, 11) is 1.97. The number of rotatable bonds is 4. The van der Waals surface area contributed by atoms with Gasteiger partial charge in [0.05, 0.1) is 0 Å². The van der Waals surface area contributed by atoms with Crippen LogP contribution in [0.3, 0.4) is 0 Å². The second-order valence-corrected chi connectivity index (χ2v) is 5.74. The summed E-state index contributed by atoms with van der Waals surface area (Å²) in [5, 5.41) is 17.7. The van der Waals surface area contributed by atoms with Crippen molar-refractivity contribution in [1.82, 2.24) is 14.8 Å². The highest BCUT2D eigenvalue weighted by Gasteiger charge is 2.40. The molecule has 2 rings (SSSR count). The van der Waals surface area contributed by atoms with Crippen LogP contribution >= 0.6 is 0 Å². The van der Waals surface area contributed by atoms with Gasteiger partial charge in [0.25, 0.3) is 0 Å². The summed E-state index contributed by atoms with van der Waals surface area (Å²) < 4.78 is 1.99. The Kier molecular flexibility index (Phi) is 3.52. The van der Waals surface area contributed by atoms with Gasteiger partial charge in [-0.1, -0.05) is 26.7 Å². The summed E-state index contributed by atoms with van der Waals surface area (Å²) in [6.45, 7) is 4.51. The number of aliphatic hydroxyl groups excluding tert-OH is 1. The largest absolute Gasteiger partial charge is 0.388 e. The van der Waals surface area contributed by atoms with Crippen LogP contribution in [0.4, 0.5) is 0 Å². The maximum atomic E-state index is 9.22. The van der Waals surface area contributed by atoms with E-state index in [2.05, 4.69) is 24.0 Å². The average Bonchev–Trinajstić information content (AvgIpc) is 2.85. The molecule has 0 atom stereocenters. The summed E-state index contributed by atoms with van der Waals surface area (Å²) in [4.78, 5) is 0. The van der Waals surface area contributed by atoms with Gasteiger partial charge in [0, 0.05) is 12.5 Å². The molecule has 96 valence electrons. The van der Waals surface area contributed by atoms with Crippen molar-refractivity contribution in [2.75, 3.05) is 0 Å². The van der Waals surface area contributed by atoms with Crippen molar-refractivity contribution >= 4 is 0 Å². The Hall–Kier alpha value is -0.900. The molecule has 1 fully saturated rings. The fourth-order valence-electron chi connectivity index (χ4n) is 3.31. The first-order valence-corrected chi connectivity index (χ1v) is 6.59. The van der Waals surface area contributed by atoms with Gasteiger partial charge >= 0.3 is 0 Å². The van der Waals surface area contributed by atoms with Gasteiger partial charge < -0.3 is 9.67 Å². The van der Waals surface area contributed by atoms with Gasteiger partial charge in [-0.2, -0.15) is 0 Å². The van der Waals surface area contributed by atoms with Crippen LogP contribution in [0.1, 0.15) is 57.6 Å². The van der Waals surface area contributed by atoms with E-state index in [9.17, 15) is 5.11 Å². The summed E-state index contributed by atoms with van der Waals surface area (Å²) in [6, 6.07) is 0. The van der Waals surface area contributed by atoms with Crippen molar-refractivity contribution in [2.24, 2.45) is 13.0 Å². The van der Waals surface area contributed by atoms with Crippen LogP contribution in [-0.4, -0.2) is 19.9 Å². The van der Waals surface area contributed by atoms with Gasteiger partial charge in [-0.15, -0.1) is 10.2 Å². The molecular formula is C13H23N3O. The van der Waals surface area contributed by atoms with Gasteiger partial charge in [-0.05, 0) is 25.2 Å². The molecule has 1 heterocycles. The van der Waals surface area contributed by atoms with Crippen LogP contribution < -0.4 is 0 Å². The van der Waals surface area contributed by atoms with Gasteiger partial charge in [0.2, 0.25) is 0 Å². The van der Waals surface area contributed by atoms with Crippen LogP contribution in [0.25, 0.3) is 0 Å². The molecule has 1 saturated carbocycles. The van der Waals surface area contributed by atoms with E-state index in [-0.39, 0.29) is 12.0 Å². The zero-order valence-electron chi connectivity index (χ0n) is 11.1. The Morgan fingerprint density at radius 1 is 1.29 bits per heavy atom. The molecule has 1 aromatic rings. The second-order valence-electron chi connectivity index (χ2n) is 5.74. The molecule has 0 unspecified atom stereocenters. The first-order valence-electron chi connectivity index (χ1n) is 6.59. The average molecular weight is 237 g/mol. The lowest BCUT2D eigenvalue weighted by atomic mass is 9.77. The molecule has 4 nitrogen and oxygen atoms in total. The van der Waals surface area contributed by atoms with Crippen LogP contribution in [0.15, 0.2) is 0 Å². The Labute approximate surface area is 103 Å². The van der Waals surface area contributed by atoms with E-state index in [1.165, 1.54) is 32.1 Å². The number of hydrogen-bond donors (Lipinski definition) is 1. The maximum absolute atomic E-state index is 9.22. The van der Waals surface area contributed by atoms with E-state index in [1.807, 2.05) is 11.6 Å². The molecule has 4 heteroatoms. The third kappa shape index (κ3) is 2.23. The lowest BCUT2D eigenvalue weighted by Gasteiger charge is -2.29. The second kappa shape index (κ2) is 4.77. The summed E-state index contributed by atoms with van der Waals surface area (Å²) in [5.41, 5.74) is 0.198. The van der Waals surface area contributed by atoms with Gasteiger partial charge in [-0.25, -0.2) is 0 Å². The standard InChI is InChI=1S/C13H23N3O/c1-10(2)8-13(6-4-5-7-13)12-15-14-11(9-17)16(12)3/h10,17H,4-9H2,1-3H3. The minimum atomic E-state index is -0.0265. The summed E-state index contributed by atoms with van der Waals surface area (Å²) >= 11 is 0. The molecular weight excluding hydrogens is 214 g/mol. The van der Waals surface area contributed by atoms with Crippen molar-refractivity contribution in [2.45, 2.75) is 58.0 Å². The zero-order chi connectivity index (χ0) is 12.5. The molecule has 0 bridgehead atoms. The molecule has 0 saturated heterocycles. The fourth-order valence-corrected chi connectivity index (χ4v) is 3.31. The summed E-state index contributed by atoms with van der Waals surface area (Å²) in [5.74, 6) is 2.42. The molecule has 0 radical (unpaired) electrons. The predicted octanol–water partition coefficient (Wildman–Crippen LogP) is 2.17. The predicted molar refractivity (Wildman–Crippen MR) is 66.5 cm³/mol. The number of aliphatic hydroxyl groups is 1. The van der Waals surface area contributed by atoms with Crippen LogP contribution in [0.2, 0.25) is 0 Å². The molecule has 0 aliphatic heterocycles. The minimum absolute atomic E-state index is 0.0265. The van der Waals surface area contributed by atoms with Crippen molar-refractivity contribution in [3.05, 3.63) is 11.6 Å². The third-order valence-electron chi connectivity index (χ3n) is 3.94. The topological polar surface area (TPSA) is 50.9 Å². The molecule has 1 aliphatic rings. The summed E-state index contributed by atoms with van der Waals surface area (Å²) in [6.07, 6.45) is 6.16. The van der Waals surface area contributed by atoms with Gasteiger partial charge in [0.15, 0.2) is 5.82 Å². The number of aromatic nitrogens is 3. The first-order chi connectivity index (χ1) is 8.09. The molecule has 1 aliphatic carbocycles. The fraction of sp³-hybridized carbons (Fsp3) is 0.846. The normalized spacial score (nSPS) is 19.1. The van der Waals surface area contributed by atoms with Gasteiger partial charge in [0.1, 0.15) is 12.4 Å². The Morgan fingerprint density at radius 2 is 1.94 bits per heavy atom. The van der Waals surface area contributed by atoms with Gasteiger partial charge in [-0.3, -0.25) is 0 Å². The Morgan fingerprint density at radius 3 is 2.41 bits per heavy atom. The quantitative estimate of drug-likeness (QED) is 0.873. The Bertz CT molecular complexity index is 378. The molecule has 1 aromatic heterocycles. The molecule has 17 heavy (non-hydrogen) atoms. The van der Waals surface area contributed by atoms with Crippen molar-refractivity contribution < 1.29 is 5.11 Å². The van der Waals surface area contributed by atoms with E-state index >= 15 is 0 Å². The number of hydrogen-bond acceptors (Lipinski definition) is 3. The van der Waals surface area contributed by atoms with Crippen molar-refractivity contribution in [1.29, 1.82) is 0 Å². The maximum Gasteiger partial charge on any atom is 0.158 e. The van der Waals surface area contributed by atoms with E-state index in [0.29, 0.717) is 11.7 Å². The molecule has 0 spiro atoms. The van der Waals surface area contributed by atoms with Crippen LogP contribution in [-0.2, 0) is 19.1 Å². The monoisotopic (exact) mass is 237 g/mol. The highest BCUT2D eigenvalue weighted by atomic mass is 16.3. The van der Waals surface area contributed by atoms with Crippen molar-refractivity contribution in [3.8, 4) is 0 Å². The highest BCUT2D eigenvalue weighted by Crippen LogP contribution is 2.44. The van der Waals surface area contributed by atoms with E-state index in [4.69, 9.17) is 0 Å². The lowest BCUT2D eigenvalue weighted by Crippen LogP contribution is -2.28.